The summed E-state index contributed by atoms with van der Waals surface area (Å²) in [5, 5.41) is 0. The van der Waals surface area contributed by atoms with Crippen LogP contribution in [0.3, 0.4) is 0 Å². The smallest absolute Gasteiger partial charge is 0.268 e. The van der Waals surface area contributed by atoms with Crippen LogP contribution in [0.15, 0.2) is 34.1 Å². The third-order valence-corrected chi connectivity index (χ3v) is 4.65. The summed E-state index contributed by atoms with van der Waals surface area (Å²) in [6.45, 7) is 0.729. The molecule has 5 heteroatoms. The molecule has 0 unspecified atom stereocenters. The minimum absolute atomic E-state index is 0.0510. The lowest BCUT2D eigenvalue weighted by Gasteiger charge is -2.16. The number of halogens is 1. The number of amides is 1. The number of nitrogens with two attached hydrogens (primary N) is 1. The second kappa shape index (κ2) is 4.40. The summed E-state index contributed by atoms with van der Waals surface area (Å²) in [5.74, 6) is 0.0510. The van der Waals surface area contributed by atoms with Crippen molar-refractivity contribution >= 4 is 44.5 Å². The molecule has 1 aliphatic heterocycles. The maximum absolute atomic E-state index is 12.4. The van der Waals surface area contributed by atoms with E-state index in [9.17, 15) is 4.79 Å². The zero-order valence-corrected chi connectivity index (χ0v) is 11.9. The largest absolute Gasteiger partial charge is 0.399 e. The van der Waals surface area contributed by atoms with Crippen molar-refractivity contribution in [3.63, 3.8) is 0 Å². The molecule has 2 heterocycles. The van der Waals surface area contributed by atoms with Gasteiger partial charge in [0.1, 0.15) is 0 Å². The van der Waals surface area contributed by atoms with Crippen molar-refractivity contribution in [2.45, 2.75) is 6.42 Å². The highest BCUT2D eigenvalue weighted by atomic mass is 79.9. The molecule has 0 aliphatic carbocycles. The van der Waals surface area contributed by atoms with E-state index in [1.807, 2.05) is 35.2 Å². The Balaban J connectivity index is 1.96. The molecule has 18 heavy (non-hydrogen) atoms. The van der Waals surface area contributed by atoms with Crippen LogP contribution in [0.1, 0.15) is 15.2 Å². The number of thiophene rings is 1. The van der Waals surface area contributed by atoms with Crippen molar-refractivity contribution in [1.82, 2.24) is 0 Å². The van der Waals surface area contributed by atoms with E-state index in [0.29, 0.717) is 5.69 Å². The third kappa shape index (κ3) is 1.93. The molecular weight excluding hydrogens is 312 g/mol. The van der Waals surface area contributed by atoms with E-state index in [-0.39, 0.29) is 5.91 Å². The Labute approximate surface area is 117 Å². The topological polar surface area (TPSA) is 46.3 Å². The first-order valence-corrected chi connectivity index (χ1v) is 7.22. The maximum Gasteiger partial charge on any atom is 0.268 e. The van der Waals surface area contributed by atoms with E-state index in [4.69, 9.17) is 5.73 Å². The molecular formula is C13H11BrN2OS. The molecule has 1 aromatic carbocycles. The Kier molecular flexibility index (Phi) is 2.87. The average molecular weight is 323 g/mol. The molecule has 2 N–H and O–H groups in total. The monoisotopic (exact) mass is 322 g/mol. The molecule has 0 saturated heterocycles. The first kappa shape index (κ1) is 11.7. The van der Waals surface area contributed by atoms with Gasteiger partial charge >= 0.3 is 0 Å². The van der Waals surface area contributed by atoms with Gasteiger partial charge in [-0.05, 0) is 52.2 Å². The Morgan fingerprint density at radius 1 is 1.33 bits per heavy atom. The summed E-state index contributed by atoms with van der Waals surface area (Å²) >= 11 is 4.84. The first-order chi connectivity index (χ1) is 8.65. The minimum Gasteiger partial charge on any atom is -0.399 e. The SMILES string of the molecule is Nc1ccc2c(c1)N(C(=O)c1ccc(Br)s1)CC2. The first-order valence-electron chi connectivity index (χ1n) is 5.61. The predicted octanol–water partition coefficient (Wildman–Crippen LogP) is 3.30. The number of hydrogen-bond acceptors (Lipinski definition) is 3. The lowest BCUT2D eigenvalue weighted by molar-refractivity contribution is 0.0993. The zero-order chi connectivity index (χ0) is 12.7. The number of carbonyl (C=O) groups excluding carboxylic acids is 1. The summed E-state index contributed by atoms with van der Waals surface area (Å²) in [4.78, 5) is 15.0. The summed E-state index contributed by atoms with van der Waals surface area (Å²) < 4.78 is 0.970. The lowest BCUT2D eigenvalue weighted by Crippen LogP contribution is -2.28. The van der Waals surface area contributed by atoms with Gasteiger partial charge in [-0.15, -0.1) is 11.3 Å². The standard InChI is InChI=1S/C13H11BrN2OS/c14-12-4-3-11(18-12)13(17)16-6-5-8-1-2-9(15)7-10(8)16/h1-4,7H,5-6,15H2. The minimum atomic E-state index is 0.0510. The molecule has 0 fully saturated rings. The van der Waals surface area contributed by atoms with Gasteiger partial charge < -0.3 is 10.6 Å². The molecule has 0 bridgehead atoms. The molecule has 92 valence electrons. The normalized spacial score (nSPS) is 13.7. The fraction of sp³-hybridized carbons (Fsp3) is 0.154. The highest BCUT2D eigenvalue weighted by Gasteiger charge is 2.26. The molecule has 0 radical (unpaired) electrons. The molecule has 1 amide bonds. The van der Waals surface area contributed by atoms with E-state index in [2.05, 4.69) is 15.9 Å². The fourth-order valence-electron chi connectivity index (χ4n) is 2.17. The molecule has 1 aliphatic rings. The number of rotatable bonds is 1. The second-order valence-electron chi connectivity index (χ2n) is 4.20. The van der Waals surface area contributed by atoms with Gasteiger partial charge in [-0.3, -0.25) is 4.79 Å². The van der Waals surface area contributed by atoms with E-state index in [0.717, 1.165) is 27.3 Å². The van der Waals surface area contributed by atoms with E-state index in [1.165, 1.54) is 16.9 Å². The molecule has 3 nitrogen and oxygen atoms in total. The van der Waals surface area contributed by atoms with Crippen LogP contribution in [-0.2, 0) is 6.42 Å². The number of nitrogens with zero attached hydrogens (tertiary/aromatic N) is 1. The molecule has 3 rings (SSSR count). The van der Waals surface area contributed by atoms with Crippen molar-refractivity contribution in [2.75, 3.05) is 17.2 Å². The van der Waals surface area contributed by atoms with Crippen LogP contribution in [0.5, 0.6) is 0 Å². The third-order valence-electron chi connectivity index (χ3n) is 3.03. The van der Waals surface area contributed by atoms with Crippen LogP contribution >= 0.6 is 27.3 Å². The summed E-state index contributed by atoms with van der Waals surface area (Å²) in [6.07, 6.45) is 0.897. The molecule has 0 spiro atoms. The average Bonchev–Trinajstić information content (AvgIpc) is 2.94. The maximum atomic E-state index is 12.4. The van der Waals surface area contributed by atoms with E-state index >= 15 is 0 Å². The van der Waals surface area contributed by atoms with Gasteiger partial charge in [0.25, 0.3) is 5.91 Å². The Hall–Kier alpha value is -1.33. The van der Waals surface area contributed by atoms with Crippen LogP contribution in [0.2, 0.25) is 0 Å². The summed E-state index contributed by atoms with van der Waals surface area (Å²) in [5.41, 5.74) is 8.63. The van der Waals surface area contributed by atoms with Crippen molar-refractivity contribution in [3.05, 3.63) is 44.6 Å². The number of carbonyl (C=O) groups is 1. The van der Waals surface area contributed by atoms with Crippen LogP contribution in [-0.4, -0.2) is 12.5 Å². The number of anilines is 2. The molecule has 1 aromatic heterocycles. The Morgan fingerprint density at radius 2 is 2.17 bits per heavy atom. The number of benzene rings is 1. The number of fused-ring (bicyclic) bond motifs is 1. The van der Waals surface area contributed by atoms with E-state index < -0.39 is 0 Å². The van der Waals surface area contributed by atoms with Crippen molar-refractivity contribution in [3.8, 4) is 0 Å². The molecule has 0 saturated carbocycles. The Bertz CT molecular complexity index is 623. The van der Waals surface area contributed by atoms with Crippen molar-refractivity contribution in [1.29, 1.82) is 0 Å². The van der Waals surface area contributed by atoms with Crippen LogP contribution in [0, 0.1) is 0 Å². The van der Waals surface area contributed by atoms with Gasteiger partial charge in [-0.25, -0.2) is 0 Å². The highest BCUT2D eigenvalue weighted by molar-refractivity contribution is 9.11. The summed E-state index contributed by atoms with van der Waals surface area (Å²) in [7, 11) is 0. The van der Waals surface area contributed by atoms with Gasteiger partial charge in [-0.1, -0.05) is 6.07 Å². The lowest BCUT2D eigenvalue weighted by atomic mass is 10.1. The van der Waals surface area contributed by atoms with Gasteiger partial charge in [0.15, 0.2) is 0 Å². The predicted molar refractivity (Wildman–Crippen MR) is 78.3 cm³/mol. The molecule has 0 atom stereocenters. The van der Waals surface area contributed by atoms with Crippen LogP contribution in [0.25, 0.3) is 0 Å². The van der Waals surface area contributed by atoms with Crippen LogP contribution in [0.4, 0.5) is 11.4 Å². The fourth-order valence-corrected chi connectivity index (χ4v) is 3.50. The second-order valence-corrected chi connectivity index (χ2v) is 6.66. The summed E-state index contributed by atoms with van der Waals surface area (Å²) in [6, 6.07) is 9.51. The van der Waals surface area contributed by atoms with Crippen LogP contribution < -0.4 is 10.6 Å². The van der Waals surface area contributed by atoms with Gasteiger partial charge in [0.2, 0.25) is 0 Å². The van der Waals surface area contributed by atoms with Crippen molar-refractivity contribution < 1.29 is 4.79 Å². The highest BCUT2D eigenvalue weighted by Crippen LogP contribution is 2.32. The van der Waals surface area contributed by atoms with E-state index in [1.54, 1.807) is 0 Å². The van der Waals surface area contributed by atoms with Gasteiger partial charge in [0.05, 0.1) is 8.66 Å². The zero-order valence-electron chi connectivity index (χ0n) is 9.52. The van der Waals surface area contributed by atoms with Crippen molar-refractivity contribution in [2.24, 2.45) is 0 Å². The number of hydrogen-bond donors (Lipinski definition) is 1. The van der Waals surface area contributed by atoms with Gasteiger partial charge in [-0.2, -0.15) is 0 Å². The molecule has 2 aromatic rings. The Morgan fingerprint density at radius 3 is 2.89 bits per heavy atom. The quantitative estimate of drug-likeness (QED) is 0.819. The number of nitrogen functional groups attached to an aromatic ring is 1. The van der Waals surface area contributed by atoms with Gasteiger partial charge in [0, 0.05) is 17.9 Å².